The van der Waals surface area contributed by atoms with Crippen LogP contribution in [-0.2, 0) is 17.8 Å². The summed E-state index contributed by atoms with van der Waals surface area (Å²) in [6.07, 6.45) is 2.87. The van der Waals surface area contributed by atoms with Gasteiger partial charge in [0.2, 0.25) is 0 Å². The van der Waals surface area contributed by atoms with Gasteiger partial charge < -0.3 is 10.1 Å². The zero-order valence-electron chi connectivity index (χ0n) is 12.7. The van der Waals surface area contributed by atoms with Gasteiger partial charge in [0.05, 0.1) is 11.3 Å². The molecule has 0 saturated heterocycles. The lowest BCUT2D eigenvalue weighted by atomic mass is 10.2. The molecule has 2 rings (SSSR count). The fraction of sp³-hybridized carbons (Fsp3) is 0.188. The van der Waals surface area contributed by atoms with Crippen LogP contribution in [0.1, 0.15) is 11.3 Å². The Hall–Kier alpha value is -3.29. The van der Waals surface area contributed by atoms with Crippen LogP contribution in [0.2, 0.25) is 0 Å². The second-order valence-corrected chi connectivity index (χ2v) is 4.67. The van der Waals surface area contributed by atoms with Gasteiger partial charge in [0.1, 0.15) is 6.61 Å². The largest absolute Gasteiger partial charge is 0.443 e. The minimum Gasteiger partial charge on any atom is -0.443 e. The molecule has 0 aliphatic heterocycles. The van der Waals surface area contributed by atoms with E-state index in [1.165, 1.54) is 30.6 Å². The number of hydrogen-bond acceptors (Lipinski definition) is 5. The fourth-order valence-corrected chi connectivity index (χ4v) is 1.74. The number of carbonyl (C=O) groups excluding carboxylic acids is 1. The van der Waals surface area contributed by atoms with Crippen LogP contribution in [0.4, 0.5) is 10.5 Å². The molecule has 0 aliphatic rings. The number of aromatic nitrogens is 1. The highest BCUT2D eigenvalue weighted by Gasteiger charge is 2.05. The summed E-state index contributed by atoms with van der Waals surface area (Å²) in [4.78, 5) is 29.2. The summed E-state index contributed by atoms with van der Waals surface area (Å²) in [6.45, 7) is 0.559. The number of nitrogens with zero attached hydrogens (tertiary/aromatic N) is 3. The Morgan fingerprint density at radius 2 is 2.21 bits per heavy atom. The number of aliphatic imine (C=N–C) groups is 1. The van der Waals surface area contributed by atoms with Crippen molar-refractivity contribution in [2.24, 2.45) is 4.99 Å². The Morgan fingerprint density at radius 1 is 1.42 bits per heavy atom. The van der Waals surface area contributed by atoms with Crippen LogP contribution in [0, 0.1) is 16.2 Å². The summed E-state index contributed by atoms with van der Waals surface area (Å²) in [6, 6.07) is 12.3. The Kier molecular flexibility index (Phi) is 6.39. The molecule has 1 amide bonds. The molecule has 0 aliphatic carbocycles. The van der Waals surface area contributed by atoms with E-state index in [0.717, 1.165) is 5.69 Å². The standard InChI is InChI=1S/C16H15N4O4/c21-16(19-12-17-10-8-14-3-1-2-9-18-14)24-11-13-4-6-15(7-5-13)20(22)23/h1-2,4-7,9,12H,8,10-11H2,(H,17,19,21). The van der Waals surface area contributed by atoms with Crippen LogP contribution in [0.15, 0.2) is 47.6 Å². The van der Waals surface area contributed by atoms with Crippen molar-refractivity contribution in [2.75, 3.05) is 6.54 Å². The predicted octanol–water partition coefficient (Wildman–Crippen LogP) is 2.29. The van der Waals surface area contributed by atoms with E-state index in [0.29, 0.717) is 18.5 Å². The van der Waals surface area contributed by atoms with Crippen molar-refractivity contribution < 1.29 is 14.5 Å². The number of benzene rings is 1. The van der Waals surface area contributed by atoms with Gasteiger partial charge in [-0.1, -0.05) is 6.07 Å². The molecule has 123 valence electrons. The number of amides is 1. The summed E-state index contributed by atoms with van der Waals surface area (Å²) >= 11 is 0. The first-order valence-electron chi connectivity index (χ1n) is 7.13. The quantitative estimate of drug-likeness (QED) is 0.275. The average molecular weight is 327 g/mol. The number of ether oxygens (including phenoxy) is 1. The molecule has 8 heteroatoms. The molecule has 0 atom stereocenters. The molecule has 0 fully saturated rings. The molecule has 0 bridgehead atoms. The monoisotopic (exact) mass is 327 g/mol. The number of nitrogens with one attached hydrogen (secondary N) is 1. The van der Waals surface area contributed by atoms with Crippen LogP contribution >= 0.6 is 0 Å². The number of pyridine rings is 1. The molecule has 0 spiro atoms. The smallest absolute Gasteiger partial charge is 0.435 e. The number of hydrogen-bond donors (Lipinski definition) is 1. The second-order valence-electron chi connectivity index (χ2n) is 4.67. The van der Waals surface area contributed by atoms with Crippen molar-refractivity contribution >= 4 is 18.1 Å². The molecule has 1 N–H and O–H groups in total. The van der Waals surface area contributed by atoms with Gasteiger partial charge in [-0.15, -0.1) is 0 Å². The van der Waals surface area contributed by atoms with Crippen molar-refractivity contribution in [3.63, 3.8) is 0 Å². The van der Waals surface area contributed by atoms with Crippen LogP contribution in [0.5, 0.6) is 0 Å². The molecule has 1 aromatic carbocycles. The van der Waals surface area contributed by atoms with Crippen molar-refractivity contribution in [3.05, 3.63) is 70.0 Å². The second kappa shape index (κ2) is 8.99. The Bertz CT molecular complexity index is 702. The summed E-state index contributed by atoms with van der Waals surface area (Å²) in [5.41, 5.74) is 1.44. The molecule has 8 nitrogen and oxygen atoms in total. The van der Waals surface area contributed by atoms with E-state index in [-0.39, 0.29) is 12.3 Å². The van der Waals surface area contributed by atoms with Crippen molar-refractivity contribution in [1.29, 1.82) is 0 Å². The predicted molar refractivity (Wildman–Crippen MR) is 86.6 cm³/mol. The van der Waals surface area contributed by atoms with Crippen LogP contribution < -0.4 is 5.32 Å². The average Bonchev–Trinajstić information content (AvgIpc) is 2.61. The normalized spacial score (nSPS) is 10.5. The van der Waals surface area contributed by atoms with E-state index in [1.54, 1.807) is 18.3 Å². The Morgan fingerprint density at radius 3 is 2.88 bits per heavy atom. The molecular weight excluding hydrogens is 312 g/mol. The molecule has 1 heterocycles. The zero-order chi connectivity index (χ0) is 17.2. The number of nitro benzene ring substituents is 1. The molecule has 24 heavy (non-hydrogen) atoms. The van der Waals surface area contributed by atoms with E-state index in [1.807, 2.05) is 0 Å². The first kappa shape index (κ1) is 17.1. The molecule has 1 aromatic heterocycles. The summed E-state index contributed by atoms with van der Waals surface area (Å²) < 4.78 is 4.93. The molecule has 0 saturated carbocycles. The Labute approximate surface area is 138 Å². The maximum Gasteiger partial charge on any atom is 0.435 e. The van der Waals surface area contributed by atoms with Gasteiger partial charge in [0.25, 0.3) is 5.69 Å². The van der Waals surface area contributed by atoms with Gasteiger partial charge in [-0.05, 0) is 23.8 Å². The van der Waals surface area contributed by atoms with E-state index < -0.39 is 11.0 Å². The topological polar surface area (TPSA) is 107 Å². The molecular formula is C16H15N4O4. The van der Waals surface area contributed by atoms with Gasteiger partial charge in [-0.3, -0.25) is 15.1 Å². The summed E-state index contributed by atoms with van der Waals surface area (Å²) in [5.74, 6) is 0. The van der Waals surface area contributed by atoms with Crippen molar-refractivity contribution in [1.82, 2.24) is 10.3 Å². The van der Waals surface area contributed by atoms with Gasteiger partial charge in [-0.2, -0.15) is 4.99 Å². The highest BCUT2D eigenvalue weighted by atomic mass is 16.6. The van der Waals surface area contributed by atoms with Gasteiger partial charge in [0.15, 0.2) is 0 Å². The SMILES string of the molecule is O=C(N=CNCCc1[c]cccn1)OCc1ccc([N+](=O)[O-])cc1. The van der Waals surface area contributed by atoms with E-state index in [9.17, 15) is 14.9 Å². The minimum atomic E-state index is -0.745. The molecule has 2 aromatic rings. The van der Waals surface area contributed by atoms with Crippen molar-refractivity contribution in [3.8, 4) is 0 Å². The van der Waals surface area contributed by atoms with Crippen LogP contribution in [0.25, 0.3) is 0 Å². The van der Waals surface area contributed by atoms with Crippen molar-refractivity contribution in [2.45, 2.75) is 13.0 Å². The van der Waals surface area contributed by atoms with E-state index >= 15 is 0 Å². The highest BCUT2D eigenvalue weighted by molar-refractivity contribution is 5.78. The number of non-ortho nitro benzene ring substituents is 1. The van der Waals surface area contributed by atoms with Crippen LogP contribution in [0.3, 0.4) is 0 Å². The maximum atomic E-state index is 11.4. The number of carbonyl (C=O) groups is 1. The highest BCUT2D eigenvalue weighted by Crippen LogP contribution is 2.12. The van der Waals surface area contributed by atoms with Gasteiger partial charge >= 0.3 is 6.09 Å². The molecule has 1 radical (unpaired) electrons. The lowest BCUT2D eigenvalue weighted by molar-refractivity contribution is -0.384. The minimum absolute atomic E-state index is 0.00291. The van der Waals surface area contributed by atoms with Gasteiger partial charge in [-0.25, -0.2) is 4.79 Å². The third-order valence-corrected chi connectivity index (χ3v) is 2.94. The number of nitro groups is 1. The lowest BCUT2D eigenvalue weighted by Crippen LogP contribution is -2.16. The van der Waals surface area contributed by atoms with E-state index in [4.69, 9.17) is 4.74 Å². The summed E-state index contributed by atoms with van der Waals surface area (Å²) in [5, 5.41) is 13.4. The lowest BCUT2D eigenvalue weighted by Gasteiger charge is -2.02. The zero-order valence-corrected chi connectivity index (χ0v) is 12.7. The molecule has 0 unspecified atom stereocenters. The summed E-state index contributed by atoms with van der Waals surface area (Å²) in [7, 11) is 0. The Balaban J connectivity index is 1.66. The first-order chi connectivity index (χ1) is 11.6. The number of rotatable bonds is 7. The van der Waals surface area contributed by atoms with Crippen LogP contribution in [-0.4, -0.2) is 28.9 Å². The van der Waals surface area contributed by atoms with Gasteiger partial charge in [0, 0.05) is 43.1 Å². The van der Waals surface area contributed by atoms with E-state index in [2.05, 4.69) is 21.4 Å². The maximum absolute atomic E-state index is 11.4. The third kappa shape index (κ3) is 5.84. The third-order valence-electron chi connectivity index (χ3n) is 2.94. The first-order valence-corrected chi connectivity index (χ1v) is 7.13. The fourth-order valence-electron chi connectivity index (χ4n) is 1.74.